The van der Waals surface area contributed by atoms with Gasteiger partial charge in [-0.3, -0.25) is 0 Å². The summed E-state index contributed by atoms with van der Waals surface area (Å²) in [6, 6.07) is 1.000. The zero-order chi connectivity index (χ0) is 9.40. The third-order valence-corrected chi connectivity index (χ3v) is 3.43. The van der Waals surface area contributed by atoms with Gasteiger partial charge in [0.05, 0.1) is 0 Å². The highest BCUT2D eigenvalue weighted by molar-refractivity contribution is 6.44. The van der Waals surface area contributed by atoms with Crippen molar-refractivity contribution < 1.29 is 8.85 Å². The summed E-state index contributed by atoms with van der Waals surface area (Å²) in [6.45, 7) is 0.704. The molecule has 0 saturated carbocycles. The van der Waals surface area contributed by atoms with Crippen molar-refractivity contribution in [2.75, 3.05) is 20.8 Å². The number of hydrogen-bond acceptors (Lipinski definition) is 4. The van der Waals surface area contributed by atoms with Crippen LogP contribution in [0, 0.1) is 0 Å². The number of rotatable bonds is 7. The molecular formula is C7H19N2O2Si. The summed E-state index contributed by atoms with van der Waals surface area (Å²) in [5.41, 5.74) is 11.2. The van der Waals surface area contributed by atoms with Gasteiger partial charge in [0.1, 0.15) is 0 Å². The molecule has 0 saturated heterocycles. The first-order valence-corrected chi connectivity index (χ1v) is 5.66. The lowest BCUT2D eigenvalue weighted by molar-refractivity contribution is 0.273. The molecule has 0 aliphatic rings. The monoisotopic (exact) mass is 191 g/mol. The summed E-state index contributed by atoms with van der Waals surface area (Å²) in [5.74, 6) is 0. The van der Waals surface area contributed by atoms with Crippen molar-refractivity contribution in [3.63, 3.8) is 0 Å². The maximum atomic E-state index is 5.82. The van der Waals surface area contributed by atoms with Gasteiger partial charge in [0.2, 0.25) is 0 Å². The van der Waals surface area contributed by atoms with Crippen LogP contribution in [0.25, 0.3) is 0 Å². The van der Waals surface area contributed by atoms with Gasteiger partial charge in [0.25, 0.3) is 0 Å². The highest BCUT2D eigenvalue weighted by Gasteiger charge is 2.16. The Labute approximate surface area is 76.1 Å². The van der Waals surface area contributed by atoms with E-state index in [9.17, 15) is 0 Å². The summed E-state index contributed by atoms with van der Waals surface area (Å²) in [7, 11) is 2.20. The summed E-state index contributed by atoms with van der Waals surface area (Å²) < 4.78 is 10.2. The normalized spacial score (nSPS) is 13.8. The zero-order valence-electron chi connectivity index (χ0n) is 7.88. The Morgan fingerprint density at radius 2 is 1.92 bits per heavy atom. The molecule has 0 rings (SSSR count). The van der Waals surface area contributed by atoms with Crippen molar-refractivity contribution in [1.29, 1.82) is 0 Å². The highest BCUT2D eigenvalue weighted by Crippen LogP contribution is 2.03. The average Bonchev–Trinajstić information content (AvgIpc) is 2.10. The van der Waals surface area contributed by atoms with E-state index in [0.29, 0.717) is 6.54 Å². The predicted octanol–water partition coefficient (Wildman–Crippen LogP) is -0.166. The third-order valence-electron chi connectivity index (χ3n) is 1.66. The molecule has 73 valence electrons. The quantitative estimate of drug-likeness (QED) is 0.548. The lowest BCUT2D eigenvalue weighted by atomic mass is 10.2. The number of hydrogen-bond donors (Lipinski definition) is 2. The van der Waals surface area contributed by atoms with Crippen LogP contribution < -0.4 is 11.5 Å². The summed E-state index contributed by atoms with van der Waals surface area (Å²) in [5, 5.41) is 0. The van der Waals surface area contributed by atoms with Crippen LogP contribution in [0.2, 0.25) is 6.04 Å². The molecule has 0 aliphatic heterocycles. The van der Waals surface area contributed by atoms with E-state index in [4.69, 9.17) is 20.3 Å². The summed E-state index contributed by atoms with van der Waals surface area (Å²) in [4.78, 5) is 0. The fourth-order valence-electron chi connectivity index (χ4n) is 0.946. The zero-order valence-corrected chi connectivity index (χ0v) is 8.88. The van der Waals surface area contributed by atoms with Crippen LogP contribution in [0.15, 0.2) is 0 Å². The maximum absolute atomic E-state index is 5.82. The highest BCUT2D eigenvalue weighted by atomic mass is 28.3. The van der Waals surface area contributed by atoms with Crippen LogP contribution >= 0.6 is 0 Å². The standard InChI is InChI=1S/C7H19N2O2Si/c1-10-12(11-2)6-7(9)4-3-5-8/h7H,3-6,8-9H2,1-2H3. The number of nitrogens with two attached hydrogens (primary N) is 2. The minimum Gasteiger partial charge on any atom is -0.397 e. The molecule has 0 aromatic rings. The molecule has 0 aromatic heterocycles. The molecule has 12 heavy (non-hydrogen) atoms. The van der Waals surface area contributed by atoms with Gasteiger partial charge in [0, 0.05) is 26.3 Å². The lowest BCUT2D eigenvalue weighted by Gasteiger charge is -2.14. The Bertz CT molecular complexity index is 101. The molecule has 0 fully saturated rings. The second-order valence-electron chi connectivity index (χ2n) is 2.68. The first-order valence-electron chi connectivity index (χ1n) is 4.14. The molecule has 0 heterocycles. The third kappa shape index (κ3) is 5.67. The first kappa shape index (κ1) is 12.1. The second-order valence-corrected chi connectivity index (χ2v) is 4.64. The van der Waals surface area contributed by atoms with Gasteiger partial charge in [-0.15, -0.1) is 0 Å². The van der Waals surface area contributed by atoms with Crippen molar-refractivity contribution >= 4 is 9.28 Å². The largest absolute Gasteiger partial charge is 0.397 e. The smallest absolute Gasteiger partial charge is 0.385 e. The molecule has 4 N–H and O–H groups in total. The molecule has 1 atom stereocenters. The molecular weight excluding hydrogens is 172 g/mol. The molecule has 0 bridgehead atoms. The van der Waals surface area contributed by atoms with E-state index in [0.717, 1.165) is 18.9 Å². The minimum absolute atomic E-state index is 0.169. The van der Waals surface area contributed by atoms with Crippen molar-refractivity contribution in [1.82, 2.24) is 0 Å². The Balaban J connectivity index is 3.44. The van der Waals surface area contributed by atoms with Crippen molar-refractivity contribution in [3.05, 3.63) is 0 Å². The molecule has 0 amide bonds. The fourth-order valence-corrected chi connectivity index (χ4v) is 2.08. The Morgan fingerprint density at radius 3 is 2.33 bits per heavy atom. The Kier molecular flexibility index (Phi) is 7.73. The van der Waals surface area contributed by atoms with E-state index in [2.05, 4.69) is 0 Å². The van der Waals surface area contributed by atoms with Crippen LogP contribution in [0.1, 0.15) is 12.8 Å². The second kappa shape index (κ2) is 7.69. The van der Waals surface area contributed by atoms with Gasteiger partial charge in [-0.2, -0.15) is 0 Å². The maximum Gasteiger partial charge on any atom is 0.385 e. The predicted molar refractivity (Wildman–Crippen MR) is 50.8 cm³/mol. The Hall–Kier alpha value is 0.0569. The topological polar surface area (TPSA) is 70.5 Å². The fraction of sp³-hybridized carbons (Fsp3) is 1.00. The van der Waals surface area contributed by atoms with Crippen LogP contribution in [-0.4, -0.2) is 36.1 Å². The van der Waals surface area contributed by atoms with Crippen LogP contribution in [-0.2, 0) is 8.85 Å². The SMILES string of the molecule is CO[Si](CC(N)CCCN)OC. The molecule has 1 unspecified atom stereocenters. The average molecular weight is 191 g/mol. The van der Waals surface area contributed by atoms with Crippen molar-refractivity contribution in [2.24, 2.45) is 11.5 Å². The van der Waals surface area contributed by atoms with Crippen LogP contribution in [0.3, 0.4) is 0 Å². The van der Waals surface area contributed by atoms with Gasteiger partial charge in [-0.05, 0) is 19.4 Å². The van der Waals surface area contributed by atoms with Gasteiger partial charge in [-0.1, -0.05) is 0 Å². The van der Waals surface area contributed by atoms with Gasteiger partial charge in [-0.25, -0.2) is 0 Å². The van der Waals surface area contributed by atoms with Gasteiger partial charge >= 0.3 is 9.28 Å². The Morgan fingerprint density at radius 1 is 1.33 bits per heavy atom. The molecule has 5 heteroatoms. The van der Waals surface area contributed by atoms with Gasteiger partial charge in [0.15, 0.2) is 0 Å². The van der Waals surface area contributed by atoms with Crippen molar-refractivity contribution in [3.8, 4) is 0 Å². The van der Waals surface area contributed by atoms with Crippen LogP contribution in [0.5, 0.6) is 0 Å². The van der Waals surface area contributed by atoms with E-state index in [1.165, 1.54) is 0 Å². The molecule has 0 aromatic carbocycles. The van der Waals surface area contributed by atoms with Gasteiger partial charge < -0.3 is 20.3 Å². The molecule has 4 nitrogen and oxygen atoms in total. The van der Waals surface area contributed by atoms with E-state index < -0.39 is 9.28 Å². The summed E-state index contributed by atoms with van der Waals surface area (Å²) >= 11 is 0. The summed E-state index contributed by atoms with van der Waals surface area (Å²) in [6.07, 6.45) is 1.93. The lowest BCUT2D eigenvalue weighted by Crippen LogP contribution is -2.31. The minimum atomic E-state index is -1.12. The van der Waals surface area contributed by atoms with E-state index in [1.54, 1.807) is 14.2 Å². The molecule has 0 spiro atoms. The van der Waals surface area contributed by atoms with E-state index in [1.807, 2.05) is 0 Å². The van der Waals surface area contributed by atoms with E-state index >= 15 is 0 Å². The molecule has 1 radical (unpaired) electrons. The van der Waals surface area contributed by atoms with Crippen molar-refractivity contribution in [2.45, 2.75) is 24.9 Å². The first-order chi connectivity index (χ1) is 5.74. The molecule has 0 aliphatic carbocycles. The van der Waals surface area contributed by atoms with E-state index in [-0.39, 0.29) is 6.04 Å². The van der Waals surface area contributed by atoms with Crippen LogP contribution in [0.4, 0.5) is 0 Å².